The summed E-state index contributed by atoms with van der Waals surface area (Å²) in [6.45, 7) is 10.0. The lowest BCUT2D eigenvalue weighted by atomic mass is 9.97. The van der Waals surface area contributed by atoms with Crippen LogP contribution >= 0.6 is 0 Å². The second-order valence-corrected chi connectivity index (χ2v) is 3.36. The SMILES string of the molecule is CC.CC.Cc1cccc([C@@H]2C=CC=CC2)n1. The molecule has 1 heterocycles. The summed E-state index contributed by atoms with van der Waals surface area (Å²) >= 11 is 0. The molecule has 0 saturated heterocycles. The van der Waals surface area contributed by atoms with E-state index in [1.807, 2.05) is 40.7 Å². The molecule has 0 bridgehead atoms. The van der Waals surface area contributed by atoms with Crippen LogP contribution in [0.1, 0.15) is 51.4 Å². The molecule has 1 nitrogen and oxygen atoms in total. The van der Waals surface area contributed by atoms with Crippen molar-refractivity contribution in [3.05, 3.63) is 53.9 Å². The Balaban J connectivity index is 0.000000581. The molecule has 1 atom stereocenters. The van der Waals surface area contributed by atoms with Gasteiger partial charge in [-0.05, 0) is 25.5 Å². The molecular formula is C16H25N. The van der Waals surface area contributed by atoms with Crippen LogP contribution in [0, 0.1) is 6.92 Å². The van der Waals surface area contributed by atoms with Crippen LogP contribution in [0.5, 0.6) is 0 Å². The van der Waals surface area contributed by atoms with E-state index in [0.29, 0.717) is 5.92 Å². The number of rotatable bonds is 1. The zero-order valence-electron chi connectivity index (χ0n) is 11.8. The number of aromatic nitrogens is 1. The van der Waals surface area contributed by atoms with Gasteiger partial charge in [-0.25, -0.2) is 0 Å². The zero-order chi connectivity index (χ0) is 13.1. The fourth-order valence-corrected chi connectivity index (χ4v) is 1.57. The van der Waals surface area contributed by atoms with Gasteiger partial charge in [-0.1, -0.05) is 58.1 Å². The fourth-order valence-electron chi connectivity index (χ4n) is 1.57. The van der Waals surface area contributed by atoms with Crippen molar-refractivity contribution < 1.29 is 0 Å². The van der Waals surface area contributed by atoms with Crippen LogP contribution in [-0.4, -0.2) is 4.98 Å². The van der Waals surface area contributed by atoms with Gasteiger partial charge in [-0.2, -0.15) is 0 Å². The fraction of sp³-hybridized carbons (Fsp3) is 0.438. The molecule has 0 spiro atoms. The minimum atomic E-state index is 0.477. The first kappa shape index (κ1) is 15.6. The van der Waals surface area contributed by atoms with Gasteiger partial charge in [0.2, 0.25) is 0 Å². The Morgan fingerprint density at radius 2 is 1.76 bits per heavy atom. The third-order valence-electron chi connectivity index (χ3n) is 2.27. The number of pyridine rings is 1. The van der Waals surface area contributed by atoms with Crippen molar-refractivity contribution in [2.75, 3.05) is 0 Å². The molecule has 0 aliphatic heterocycles. The van der Waals surface area contributed by atoms with Crippen LogP contribution in [0.3, 0.4) is 0 Å². The maximum Gasteiger partial charge on any atom is 0.0478 e. The summed E-state index contributed by atoms with van der Waals surface area (Å²) in [5, 5.41) is 0. The number of nitrogens with zero attached hydrogens (tertiary/aromatic N) is 1. The number of allylic oxidation sites excluding steroid dienone is 4. The smallest absolute Gasteiger partial charge is 0.0478 e. The molecule has 1 aliphatic rings. The standard InChI is InChI=1S/C12H13N.2C2H6/c1-10-6-5-9-12(13-10)11-7-3-2-4-8-11;2*1-2/h2-7,9,11H,8H2,1H3;2*1-2H3/t11-;;/m1../s1. The molecule has 1 aromatic heterocycles. The Labute approximate surface area is 106 Å². The van der Waals surface area contributed by atoms with Crippen LogP contribution in [-0.2, 0) is 0 Å². The average molecular weight is 231 g/mol. The van der Waals surface area contributed by atoms with Gasteiger partial charge in [0, 0.05) is 17.3 Å². The molecule has 94 valence electrons. The predicted molar refractivity (Wildman–Crippen MR) is 77.3 cm³/mol. The molecule has 0 fully saturated rings. The maximum absolute atomic E-state index is 4.51. The van der Waals surface area contributed by atoms with Gasteiger partial charge < -0.3 is 0 Å². The van der Waals surface area contributed by atoms with Crippen LogP contribution in [0.25, 0.3) is 0 Å². The summed E-state index contributed by atoms with van der Waals surface area (Å²) in [6.07, 6.45) is 9.66. The largest absolute Gasteiger partial charge is 0.258 e. The van der Waals surface area contributed by atoms with Crippen molar-refractivity contribution in [3.8, 4) is 0 Å². The molecule has 0 amide bonds. The molecule has 0 saturated carbocycles. The molecule has 17 heavy (non-hydrogen) atoms. The highest BCUT2D eigenvalue weighted by Crippen LogP contribution is 2.22. The third-order valence-corrected chi connectivity index (χ3v) is 2.27. The molecule has 0 N–H and O–H groups in total. The Bertz CT molecular complexity index is 350. The second-order valence-electron chi connectivity index (χ2n) is 3.36. The first-order valence-corrected chi connectivity index (χ1v) is 6.63. The normalized spacial score (nSPS) is 16.4. The molecule has 1 heteroatoms. The molecule has 1 aliphatic carbocycles. The lowest BCUT2D eigenvalue weighted by Gasteiger charge is -2.12. The molecule has 0 radical (unpaired) electrons. The summed E-state index contributed by atoms with van der Waals surface area (Å²) < 4.78 is 0. The van der Waals surface area contributed by atoms with E-state index in [1.54, 1.807) is 0 Å². The van der Waals surface area contributed by atoms with Crippen molar-refractivity contribution in [2.45, 2.75) is 47.0 Å². The van der Waals surface area contributed by atoms with Crippen LogP contribution in [0.15, 0.2) is 42.5 Å². The summed E-state index contributed by atoms with van der Waals surface area (Å²) in [7, 11) is 0. The van der Waals surface area contributed by atoms with Gasteiger partial charge in [-0.15, -0.1) is 0 Å². The Hall–Kier alpha value is -1.37. The van der Waals surface area contributed by atoms with E-state index in [4.69, 9.17) is 0 Å². The van der Waals surface area contributed by atoms with Crippen molar-refractivity contribution in [3.63, 3.8) is 0 Å². The van der Waals surface area contributed by atoms with Gasteiger partial charge in [0.05, 0.1) is 0 Å². The molecule has 0 unspecified atom stereocenters. The van der Waals surface area contributed by atoms with E-state index in [-0.39, 0.29) is 0 Å². The lowest BCUT2D eigenvalue weighted by molar-refractivity contribution is 0.809. The molecule has 0 aromatic carbocycles. The first-order chi connectivity index (χ1) is 8.36. The minimum Gasteiger partial charge on any atom is -0.258 e. The van der Waals surface area contributed by atoms with Crippen LogP contribution in [0.4, 0.5) is 0 Å². The van der Waals surface area contributed by atoms with Crippen LogP contribution < -0.4 is 0 Å². The first-order valence-electron chi connectivity index (χ1n) is 6.63. The number of hydrogen-bond donors (Lipinski definition) is 0. The van der Waals surface area contributed by atoms with Gasteiger partial charge >= 0.3 is 0 Å². The summed E-state index contributed by atoms with van der Waals surface area (Å²) in [6, 6.07) is 6.21. The third kappa shape index (κ3) is 5.48. The maximum atomic E-state index is 4.51. The Kier molecular flexibility index (Phi) is 9.04. The quantitative estimate of drug-likeness (QED) is 0.659. The second kappa shape index (κ2) is 9.83. The van der Waals surface area contributed by atoms with Crippen LogP contribution in [0.2, 0.25) is 0 Å². The summed E-state index contributed by atoms with van der Waals surface area (Å²) in [5.41, 5.74) is 2.28. The monoisotopic (exact) mass is 231 g/mol. The Morgan fingerprint density at radius 1 is 1.06 bits per heavy atom. The highest BCUT2D eigenvalue weighted by molar-refractivity contribution is 5.24. The zero-order valence-corrected chi connectivity index (χ0v) is 11.8. The minimum absolute atomic E-state index is 0.477. The van der Waals surface area contributed by atoms with Gasteiger partial charge in [-0.3, -0.25) is 4.98 Å². The van der Waals surface area contributed by atoms with E-state index in [0.717, 1.165) is 12.1 Å². The molecule has 1 aromatic rings. The van der Waals surface area contributed by atoms with E-state index in [1.165, 1.54) is 5.69 Å². The topological polar surface area (TPSA) is 12.9 Å². The van der Waals surface area contributed by atoms with Gasteiger partial charge in [0.25, 0.3) is 0 Å². The van der Waals surface area contributed by atoms with Crippen molar-refractivity contribution in [1.29, 1.82) is 0 Å². The highest BCUT2D eigenvalue weighted by atomic mass is 14.7. The molecule has 2 rings (SSSR count). The summed E-state index contributed by atoms with van der Waals surface area (Å²) in [4.78, 5) is 4.51. The predicted octanol–water partition coefficient (Wildman–Crippen LogP) is 5.04. The molecular weight excluding hydrogens is 206 g/mol. The van der Waals surface area contributed by atoms with E-state index in [2.05, 4.69) is 41.4 Å². The van der Waals surface area contributed by atoms with Crippen molar-refractivity contribution >= 4 is 0 Å². The number of aryl methyl sites for hydroxylation is 1. The van der Waals surface area contributed by atoms with Crippen molar-refractivity contribution in [2.24, 2.45) is 0 Å². The van der Waals surface area contributed by atoms with Gasteiger partial charge in [0.15, 0.2) is 0 Å². The lowest BCUT2D eigenvalue weighted by Crippen LogP contribution is -1.99. The van der Waals surface area contributed by atoms with E-state index in [9.17, 15) is 0 Å². The van der Waals surface area contributed by atoms with Crippen molar-refractivity contribution in [1.82, 2.24) is 4.98 Å². The Morgan fingerprint density at radius 3 is 2.29 bits per heavy atom. The van der Waals surface area contributed by atoms with Gasteiger partial charge in [0.1, 0.15) is 0 Å². The van der Waals surface area contributed by atoms with E-state index < -0.39 is 0 Å². The highest BCUT2D eigenvalue weighted by Gasteiger charge is 2.08. The summed E-state index contributed by atoms with van der Waals surface area (Å²) in [5.74, 6) is 0.477. The number of hydrogen-bond acceptors (Lipinski definition) is 1. The average Bonchev–Trinajstić information content (AvgIpc) is 2.44. The van der Waals surface area contributed by atoms with E-state index >= 15 is 0 Å².